The lowest BCUT2D eigenvalue weighted by molar-refractivity contribution is 0.220. The minimum absolute atomic E-state index is 0.158. The van der Waals surface area contributed by atoms with Crippen LogP contribution in [-0.4, -0.2) is 30.8 Å². The Morgan fingerprint density at radius 2 is 1.84 bits per heavy atom. The lowest BCUT2D eigenvalue weighted by Crippen LogP contribution is -2.31. The fraction of sp³-hybridized carbons (Fsp3) is 0.350. The van der Waals surface area contributed by atoms with Gasteiger partial charge in [0.25, 0.3) is 0 Å². The number of amides is 2. The molecule has 0 spiro atoms. The summed E-state index contributed by atoms with van der Waals surface area (Å²) in [5.74, 6) is 1.12. The molecule has 0 aliphatic carbocycles. The van der Waals surface area contributed by atoms with Gasteiger partial charge in [-0.1, -0.05) is 38.1 Å². The molecule has 0 saturated carbocycles. The molecule has 4 nitrogen and oxygen atoms in total. The second kappa shape index (κ2) is 9.37. The van der Waals surface area contributed by atoms with E-state index in [0.29, 0.717) is 30.5 Å². The maximum Gasteiger partial charge on any atom is 0.321 e. The van der Waals surface area contributed by atoms with Gasteiger partial charge in [-0.3, -0.25) is 0 Å². The number of benzene rings is 2. The van der Waals surface area contributed by atoms with Crippen molar-refractivity contribution in [2.45, 2.75) is 25.3 Å². The van der Waals surface area contributed by atoms with Crippen molar-refractivity contribution in [3.05, 3.63) is 54.1 Å². The van der Waals surface area contributed by atoms with E-state index in [2.05, 4.69) is 43.4 Å². The molecule has 2 aromatic carbocycles. The van der Waals surface area contributed by atoms with Crippen molar-refractivity contribution >= 4 is 23.5 Å². The molecule has 0 radical (unpaired) electrons. The first-order valence-corrected chi connectivity index (χ1v) is 9.59. The Balaban J connectivity index is 1.98. The lowest BCUT2D eigenvalue weighted by atomic mass is 10.2. The molecule has 0 aliphatic rings. The second-order valence-electron chi connectivity index (χ2n) is 6.34. The van der Waals surface area contributed by atoms with Crippen molar-refractivity contribution in [1.82, 2.24) is 4.90 Å². The Labute approximate surface area is 154 Å². The van der Waals surface area contributed by atoms with Crippen LogP contribution in [0.15, 0.2) is 53.4 Å². The van der Waals surface area contributed by atoms with Crippen LogP contribution in [0.4, 0.5) is 10.5 Å². The lowest BCUT2D eigenvalue weighted by Gasteiger charge is -2.20. The predicted molar refractivity (Wildman–Crippen MR) is 105 cm³/mol. The average molecular weight is 359 g/mol. The van der Waals surface area contributed by atoms with Gasteiger partial charge in [0, 0.05) is 18.5 Å². The molecule has 0 saturated heterocycles. The summed E-state index contributed by atoms with van der Waals surface area (Å²) in [5, 5.41) is 2.93. The molecule has 2 rings (SSSR count). The van der Waals surface area contributed by atoms with Gasteiger partial charge in [-0.25, -0.2) is 4.79 Å². The smallest absolute Gasteiger partial charge is 0.321 e. The van der Waals surface area contributed by atoms with E-state index in [9.17, 15) is 4.79 Å². The summed E-state index contributed by atoms with van der Waals surface area (Å²) in [5.41, 5.74) is 1.79. The highest BCUT2D eigenvalue weighted by molar-refractivity contribution is 7.98. The standard InChI is InChI=1S/C20H26N2O2S/c1-15(2)14-24-19-8-6-5-7-18(19)21-20(23)22(3)13-16-9-11-17(25-4)12-10-16/h5-12,15H,13-14H2,1-4H3,(H,21,23). The van der Waals surface area contributed by atoms with Crippen LogP contribution in [0.1, 0.15) is 19.4 Å². The molecule has 0 atom stereocenters. The normalized spacial score (nSPS) is 10.6. The first kappa shape index (κ1) is 19.2. The zero-order valence-corrected chi connectivity index (χ0v) is 16.1. The number of rotatable bonds is 7. The minimum Gasteiger partial charge on any atom is -0.491 e. The van der Waals surface area contributed by atoms with Gasteiger partial charge in [0.2, 0.25) is 0 Å². The third-order valence-corrected chi connectivity index (χ3v) is 4.37. The Hall–Kier alpha value is -2.14. The van der Waals surface area contributed by atoms with E-state index in [1.807, 2.05) is 30.5 Å². The summed E-state index contributed by atoms with van der Waals surface area (Å²) in [6, 6.07) is 15.6. The van der Waals surface area contributed by atoms with E-state index in [1.165, 1.54) is 4.90 Å². The number of hydrogen-bond donors (Lipinski definition) is 1. The number of anilines is 1. The van der Waals surface area contributed by atoms with Crippen LogP contribution in [0.5, 0.6) is 5.75 Å². The number of ether oxygens (including phenoxy) is 1. The number of nitrogens with zero attached hydrogens (tertiary/aromatic N) is 1. The Bertz CT molecular complexity index is 686. The zero-order chi connectivity index (χ0) is 18.2. The number of thioether (sulfide) groups is 1. The fourth-order valence-electron chi connectivity index (χ4n) is 2.24. The molecule has 0 bridgehead atoms. The molecule has 0 fully saturated rings. The van der Waals surface area contributed by atoms with Gasteiger partial charge in [-0.15, -0.1) is 11.8 Å². The molecule has 0 unspecified atom stereocenters. The summed E-state index contributed by atoms with van der Waals surface area (Å²) in [6.45, 7) is 5.36. The average Bonchev–Trinajstić information content (AvgIpc) is 2.61. The molecule has 5 heteroatoms. The van der Waals surface area contributed by atoms with Crippen molar-refractivity contribution < 1.29 is 9.53 Å². The van der Waals surface area contributed by atoms with Crippen molar-refractivity contribution in [2.24, 2.45) is 5.92 Å². The van der Waals surface area contributed by atoms with Gasteiger partial charge in [0.15, 0.2) is 0 Å². The van der Waals surface area contributed by atoms with Crippen LogP contribution < -0.4 is 10.1 Å². The Morgan fingerprint density at radius 3 is 2.48 bits per heavy atom. The first-order chi connectivity index (χ1) is 12.0. The number of para-hydroxylation sites is 2. The maximum atomic E-state index is 12.5. The molecule has 0 aromatic heterocycles. The van der Waals surface area contributed by atoms with E-state index >= 15 is 0 Å². The van der Waals surface area contributed by atoms with Crippen molar-refractivity contribution in [2.75, 3.05) is 25.2 Å². The van der Waals surface area contributed by atoms with E-state index in [4.69, 9.17) is 4.74 Å². The molecule has 134 valence electrons. The monoisotopic (exact) mass is 358 g/mol. The molecule has 2 amide bonds. The highest BCUT2D eigenvalue weighted by Gasteiger charge is 2.12. The molecule has 25 heavy (non-hydrogen) atoms. The van der Waals surface area contributed by atoms with Gasteiger partial charge in [-0.05, 0) is 42.0 Å². The Kier molecular flexibility index (Phi) is 7.19. The van der Waals surface area contributed by atoms with Crippen molar-refractivity contribution in [3.8, 4) is 5.75 Å². The largest absolute Gasteiger partial charge is 0.491 e. The summed E-state index contributed by atoms with van der Waals surface area (Å²) in [7, 11) is 1.79. The summed E-state index contributed by atoms with van der Waals surface area (Å²) >= 11 is 1.71. The van der Waals surface area contributed by atoms with Gasteiger partial charge in [-0.2, -0.15) is 0 Å². The summed E-state index contributed by atoms with van der Waals surface area (Å²) in [6.07, 6.45) is 2.05. The number of hydrogen-bond acceptors (Lipinski definition) is 3. The van der Waals surface area contributed by atoms with Crippen LogP contribution in [0, 0.1) is 5.92 Å². The van der Waals surface area contributed by atoms with Gasteiger partial charge in [0.1, 0.15) is 5.75 Å². The highest BCUT2D eigenvalue weighted by atomic mass is 32.2. The SMILES string of the molecule is CSc1ccc(CN(C)C(=O)Nc2ccccc2OCC(C)C)cc1. The molecular formula is C20H26N2O2S. The topological polar surface area (TPSA) is 41.6 Å². The van der Waals surface area contributed by atoms with Crippen LogP contribution in [0.25, 0.3) is 0 Å². The maximum absolute atomic E-state index is 12.5. The molecule has 2 aromatic rings. The number of carbonyl (C=O) groups is 1. The molecule has 0 aliphatic heterocycles. The summed E-state index contributed by atoms with van der Waals surface area (Å²) < 4.78 is 5.79. The van der Waals surface area contributed by atoms with E-state index in [1.54, 1.807) is 23.7 Å². The van der Waals surface area contributed by atoms with Gasteiger partial charge in [0.05, 0.1) is 12.3 Å². The van der Waals surface area contributed by atoms with Crippen molar-refractivity contribution in [1.29, 1.82) is 0 Å². The van der Waals surface area contributed by atoms with Crippen LogP contribution in [0.2, 0.25) is 0 Å². The number of carbonyl (C=O) groups excluding carboxylic acids is 1. The number of nitrogens with one attached hydrogen (secondary N) is 1. The minimum atomic E-state index is -0.158. The van der Waals surface area contributed by atoms with E-state index in [-0.39, 0.29) is 6.03 Å². The van der Waals surface area contributed by atoms with Crippen LogP contribution in [-0.2, 0) is 6.54 Å². The third-order valence-electron chi connectivity index (χ3n) is 3.63. The Morgan fingerprint density at radius 1 is 1.16 bits per heavy atom. The van der Waals surface area contributed by atoms with E-state index in [0.717, 1.165) is 5.56 Å². The van der Waals surface area contributed by atoms with Crippen molar-refractivity contribution in [3.63, 3.8) is 0 Å². The van der Waals surface area contributed by atoms with Gasteiger partial charge < -0.3 is 15.0 Å². The molecule has 1 N–H and O–H groups in total. The van der Waals surface area contributed by atoms with Crippen LogP contribution in [0.3, 0.4) is 0 Å². The predicted octanol–water partition coefficient (Wildman–Crippen LogP) is 5.11. The summed E-state index contributed by atoms with van der Waals surface area (Å²) in [4.78, 5) is 15.4. The highest BCUT2D eigenvalue weighted by Crippen LogP contribution is 2.24. The molecule has 0 heterocycles. The zero-order valence-electron chi connectivity index (χ0n) is 15.3. The molecular weight excluding hydrogens is 332 g/mol. The third kappa shape index (κ3) is 6.02. The fourth-order valence-corrected chi connectivity index (χ4v) is 2.65. The quantitative estimate of drug-likeness (QED) is 0.700. The van der Waals surface area contributed by atoms with Crippen LogP contribution >= 0.6 is 11.8 Å². The number of urea groups is 1. The first-order valence-electron chi connectivity index (χ1n) is 8.36. The van der Waals surface area contributed by atoms with Gasteiger partial charge >= 0.3 is 6.03 Å². The second-order valence-corrected chi connectivity index (χ2v) is 7.21. The van der Waals surface area contributed by atoms with E-state index < -0.39 is 0 Å².